The second-order valence-electron chi connectivity index (χ2n) is 20.1. The summed E-state index contributed by atoms with van der Waals surface area (Å²) in [5, 5.41) is 37.7. The van der Waals surface area contributed by atoms with Gasteiger partial charge in [0.15, 0.2) is 17.2 Å². The number of hydrogen-bond acceptors (Lipinski definition) is 15. The number of unbranched alkanes of at least 4 members (excludes halogenated alkanes) is 2. The Morgan fingerprint density at radius 3 is 2.34 bits per heavy atom. The normalized spacial score (nSPS) is 17.5. The summed E-state index contributed by atoms with van der Waals surface area (Å²) in [6.07, 6.45) is 13.7. The van der Waals surface area contributed by atoms with Crippen molar-refractivity contribution in [3.63, 3.8) is 0 Å². The van der Waals surface area contributed by atoms with Gasteiger partial charge >= 0.3 is 5.97 Å². The minimum absolute atomic E-state index is 0.00931. The molecule has 4 aliphatic rings. The number of hydrogen-bond donors (Lipinski definition) is 8. The molecule has 0 spiro atoms. The number of nitrogens with zero attached hydrogens (tertiary/aromatic N) is 3. The third-order valence-corrected chi connectivity index (χ3v) is 14.9. The molecule has 8 N–H and O–H groups in total. The molecule has 3 aromatic rings. The van der Waals surface area contributed by atoms with Gasteiger partial charge in [-0.15, -0.1) is 0 Å². The number of ether oxygens (including phenoxy) is 1. The molecule has 80 heavy (non-hydrogen) atoms. The van der Waals surface area contributed by atoms with Gasteiger partial charge < -0.3 is 51.4 Å². The molecule has 0 bridgehead atoms. The zero-order valence-electron chi connectivity index (χ0n) is 44.9. The van der Waals surface area contributed by atoms with Crippen LogP contribution in [0.5, 0.6) is 0 Å². The molecule has 426 valence electrons. The summed E-state index contributed by atoms with van der Waals surface area (Å²) < 4.78 is 22.2. The summed E-state index contributed by atoms with van der Waals surface area (Å²) in [5.74, 6) is -5.69. The molecular formula is C57H68FN9O13. The molecule has 4 heterocycles. The number of aliphatic hydroxyl groups is 2. The molecule has 2 aliphatic carbocycles. The second-order valence-corrected chi connectivity index (χ2v) is 20.1. The van der Waals surface area contributed by atoms with Crippen LogP contribution < -0.4 is 37.5 Å². The quantitative estimate of drug-likeness (QED) is 0.0172. The number of aliphatic hydroxyl groups excluding tert-OH is 1. The molecule has 6 amide bonds. The van der Waals surface area contributed by atoms with Crippen molar-refractivity contribution in [3.8, 4) is 11.4 Å². The number of esters is 1. The number of nitrogens with one attached hydrogen (secondary N) is 6. The van der Waals surface area contributed by atoms with Crippen LogP contribution in [0.1, 0.15) is 104 Å². The van der Waals surface area contributed by atoms with E-state index < -0.39 is 84.2 Å². The fourth-order valence-electron chi connectivity index (χ4n) is 10.5. The van der Waals surface area contributed by atoms with Crippen LogP contribution in [0.15, 0.2) is 66.0 Å². The van der Waals surface area contributed by atoms with E-state index in [1.54, 1.807) is 55.2 Å². The highest BCUT2D eigenvalue weighted by Crippen LogP contribution is 2.46. The Hall–Kier alpha value is -8.02. The predicted octanol–water partition coefficient (Wildman–Crippen LogP) is 1.23. The number of halogens is 1. The van der Waals surface area contributed by atoms with E-state index in [0.29, 0.717) is 77.5 Å². The van der Waals surface area contributed by atoms with Gasteiger partial charge in [0.2, 0.25) is 35.4 Å². The van der Waals surface area contributed by atoms with Crippen LogP contribution in [-0.4, -0.2) is 136 Å². The lowest BCUT2D eigenvalue weighted by atomic mass is 9.81. The lowest BCUT2D eigenvalue weighted by Gasteiger charge is -2.31. The number of ketones is 2. The van der Waals surface area contributed by atoms with Crippen molar-refractivity contribution in [3.05, 3.63) is 111 Å². The molecule has 2 aromatic heterocycles. The predicted molar refractivity (Wildman–Crippen MR) is 289 cm³/mol. The minimum atomic E-state index is -2.05. The van der Waals surface area contributed by atoms with E-state index in [2.05, 4.69) is 38.5 Å². The first-order valence-corrected chi connectivity index (χ1v) is 26.9. The number of amides is 6. The Balaban J connectivity index is 0.879. The highest BCUT2D eigenvalue weighted by molar-refractivity contribution is 6.18. The van der Waals surface area contributed by atoms with Crippen molar-refractivity contribution in [2.24, 2.45) is 5.92 Å². The SMILES string of the molecule is C=C/C=C\C=C\C[C@H](NC(=O)CNC(=O)CNC(=O)CCCCCC1C(=O)C=CC1=O)C(=O)NCC(=O)NCCN(CCO)CCC(=O)NC1CCc2c(C)c(F)cc3nc4c(c1c23)Cn1c-4cc2c(c1=O)COC(=O)[C@]2(O)CC. The lowest BCUT2D eigenvalue weighted by Crippen LogP contribution is -2.51. The van der Waals surface area contributed by atoms with E-state index in [4.69, 9.17) is 9.72 Å². The van der Waals surface area contributed by atoms with E-state index >= 15 is 4.39 Å². The van der Waals surface area contributed by atoms with Gasteiger partial charge in [0.05, 0.1) is 67.2 Å². The van der Waals surface area contributed by atoms with E-state index in [0.717, 1.165) is 5.56 Å². The lowest BCUT2D eigenvalue weighted by molar-refractivity contribution is -0.172. The topological polar surface area (TPSA) is 314 Å². The summed E-state index contributed by atoms with van der Waals surface area (Å²) in [6, 6.07) is 1.21. The molecule has 2 aliphatic heterocycles. The van der Waals surface area contributed by atoms with Gasteiger partial charge in [0.1, 0.15) is 18.5 Å². The first kappa shape index (κ1) is 59.6. The maximum Gasteiger partial charge on any atom is 0.343 e. The minimum Gasteiger partial charge on any atom is -0.458 e. The number of fused-ring (bicyclic) bond motifs is 5. The number of allylic oxidation sites excluding steroid dienone is 6. The zero-order chi connectivity index (χ0) is 57.7. The van der Waals surface area contributed by atoms with Crippen LogP contribution in [0.4, 0.5) is 4.39 Å². The van der Waals surface area contributed by atoms with Crippen molar-refractivity contribution in [1.29, 1.82) is 0 Å². The van der Waals surface area contributed by atoms with E-state index in [-0.39, 0.29) is 106 Å². The Morgan fingerprint density at radius 1 is 0.875 bits per heavy atom. The standard InChI is InChI=1S/C57H68FN9O13/c1-4-6-7-8-11-14-41(64-50(75)30-61-49(74)28-60-46(71)15-12-9-10-13-35-44(69)18-19-45(35)70)54(76)62-29-48(73)59-21-23-66(24-25-68)22-20-47(72)63-40-17-16-34-33(3)39(58)27-42-51(34)52(40)36-31-67-43(53(36)65-42)26-38-37(55(67)77)32-80-56(78)57(38,79)5-2/h4,6-8,11,18-19,26-27,35,40-41,68,79H,1,5,9-10,12-17,20-25,28-32H2,2-3H3,(H,59,73)(H,60,71)(H,61,74)(H,62,76)(H,63,72)(H,64,75)/b7-6-,11-8+/t40?,41-,57-/m0/s1. The van der Waals surface area contributed by atoms with Crippen LogP contribution in [0, 0.1) is 18.7 Å². The Bertz CT molecular complexity index is 3110. The van der Waals surface area contributed by atoms with Crippen LogP contribution >= 0.6 is 0 Å². The van der Waals surface area contributed by atoms with Crippen LogP contribution in [0.25, 0.3) is 22.3 Å². The summed E-state index contributed by atoms with van der Waals surface area (Å²) in [4.78, 5) is 135. The van der Waals surface area contributed by atoms with Gasteiger partial charge in [0, 0.05) is 61.6 Å². The number of cyclic esters (lactones) is 1. The third kappa shape index (κ3) is 14.0. The van der Waals surface area contributed by atoms with Crippen molar-refractivity contribution in [2.45, 2.75) is 109 Å². The summed E-state index contributed by atoms with van der Waals surface area (Å²) in [7, 11) is 0. The molecule has 1 unspecified atom stereocenters. The molecule has 0 radical (unpaired) electrons. The smallest absolute Gasteiger partial charge is 0.343 e. The number of pyridine rings is 2. The zero-order valence-corrected chi connectivity index (χ0v) is 44.9. The van der Waals surface area contributed by atoms with Crippen LogP contribution in [-0.2, 0) is 73.1 Å². The fourth-order valence-corrected chi connectivity index (χ4v) is 10.5. The molecular weight excluding hydrogens is 1040 g/mol. The van der Waals surface area contributed by atoms with Crippen molar-refractivity contribution in [2.75, 3.05) is 52.4 Å². The van der Waals surface area contributed by atoms with Crippen molar-refractivity contribution < 1.29 is 62.5 Å². The molecule has 3 atom stereocenters. The fraction of sp³-hybridized carbons (Fsp3) is 0.456. The van der Waals surface area contributed by atoms with Crippen molar-refractivity contribution >= 4 is 63.9 Å². The van der Waals surface area contributed by atoms with Crippen LogP contribution in [0.3, 0.4) is 0 Å². The monoisotopic (exact) mass is 1110 g/mol. The molecule has 0 saturated carbocycles. The summed E-state index contributed by atoms with van der Waals surface area (Å²) >= 11 is 0. The van der Waals surface area contributed by atoms with Gasteiger partial charge in [-0.3, -0.25) is 48.1 Å². The number of benzene rings is 1. The first-order chi connectivity index (χ1) is 38.4. The Morgan fingerprint density at radius 2 is 1.60 bits per heavy atom. The highest BCUT2D eigenvalue weighted by atomic mass is 19.1. The molecule has 1 aromatic carbocycles. The number of aryl methyl sites for hydroxylation is 1. The molecule has 7 rings (SSSR count). The van der Waals surface area contributed by atoms with Crippen LogP contribution in [0.2, 0.25) is 0 Å². The van der Waals surface area contributed by atoms with E-state index in [1.807, 2.05) is 0 Å². The van der Waals surface area contributed by atoms with Gasteiger partial charge in [-0.05, 0) is 80.4 Å². The molecule has 0 fully saturated rings. The van der Waals surface area contributed by atoms with Gasteiger partial charge in [-0.25, -0.2) is 14.2 Å². The average molecular weight is 1110 g/mol. The molecule has 22 nitrogen and oxygen atoms in total. The number of carbonyl (C=O) groups excluding carboxylic acids is 9. The summed E-state index contributed by atoms with van der Waals surface area (Å²) in [6.45, 7) is 5.70. The maximum atomic E-state index is 15.4. The highest BCUT2D eigenvalue weighted by Gasteiger charge is 2.46. The average Bonchev–Trinajstić information content (AvgIpc) is 4.05. The molecule has 23 heteroatoms. The van der Waals surface area contributed by atoms with E-state index in [9.17, 15) is 58.2 Å². The number of rotatable bonds is 28. The first-order valence-electron chi connectivity index (χ1n) is 26.9. The molecule has 0 saturated heterocycles. The second kappa shape index (κ2) is 27.2. The number of carbonyl (C=O) groups is 9. The third-order valence-electron chi connectivity index (χ3n) is 14.9. The summed E-state index contributed by atoms with van der Waals surface area (Å²) in [5.41, 5.74) is 1.41. The number of aromatic nitrogens is 2. The Labute approximate surface area is 460 Å². The van der Waals surface area contributed by atoms with Crippen molar-refractivity contribution in [1.82, 2.24) is 46.4 Å². The van der Waals surface area contributed by atoms with Gasteiger partial charge in [-0.2, -0.15) is 0 Å². The largest absolute Gasteiger partial charge is 0.458 e. The van der Waals surface area contributed by atoms with E-state index in [1.165, 1.54) is 22.8 Å². The van der Waals surface area contributed by atoms with Gasteiger partial charge in [0.25, 0.3) is 5.56 Å². The maximum absolute atomic E-state index is 15.4. The van der Waals surface area contributed by atoms with Gasteiger partial charge in [-0.1, -0.05) is 56.7 Å². The Kier molecular flexibility index (Phi) is 20.3.